The molecule has 1 heterocycles. The molecule has 0 aromatic rings. The average Bonchev–Trinajstić information content (AvgIpc) is 2.06. The maximum absolute atomic E-state index is 5.25. The lowest BCUT2D eigenvalue weighted by Gasteiger charge is -2.25. The molecule has 0 radical (unpaired) electrons. The Balaban J connectivity index is 2.24. The van der Waals surface area contributed by atoms with E-state index in [4.69, 9.17) is 4.74 Å². The smallest absolute Gasteiger partial charge is 0.227 e. The number of morpholine rings is 1. The van der Waals surface area contributed by atoms with Crippen LogP contribution >= 0.6 is 0 Å². The van der Waals surface area contributed by atoms with Gasteiger partial charge in [-0.3, -0.25) is 0 Å². The molecule has 0 aromatic carbocycles. The molecule has 0 saturated carbocycles. The number of hydrazine groups is 1. The summed E-state index contributed by atoms with van der Waals surface area (Å²) in [5.74, 6) is 0. The third kappa shape index (κ3) is 2.79. The van der Waals surface area contributed by atoms with Gasteiger partial charge in [0.2, 0.25) is 6.67 Å². The summed E-state index contributed by atoms with van der Waals surface area (Å²) < 4.78 is 7.18. The van der Waals surface area contributed by atoms with Gasteiger partial charge in [-0.2, -0.15) is 5.01 Å². The predicted molar refractivity (Wildman–Crippen MR) is 48.3 cm³/mol. The first-order valence-corrected chi connectivity index (χ1v) is 4.25. The summed E-state index contributed by atoms with van der Waals surface area (Å²) >= 11 is 0. The molecule has 1 aliphatic rings. The van der Waals surface area contributed by atoms with Crippen molar-refractivity contribution >= 4 is 6.72 Å². The number of ether oxygens (including phenoxy) is 1. The van der Waals surface area contributed by atoms with E-state index in [2.05, 4.69) is 11.6 Å². The van der Waals surface area contributed by atoms with Crippen molar-refractivity contribution in [1.82, 2.24) is 9.91 Å². The van der Waals surface area contributed by atoms with Crippen molar-refractivity contribution in [1.29, 1.82) is 0 Å². The van der Waals surface area contributed by atoms with Gasteiger partial charge in [0.1, 0.15) is 0 Å². The largest absolute Gasteiger partial charge is 0.379 e. The number of nitrogens with zero attached hydrogens (tertiary/aromatic N) is 3. The zero-order valence-corrected chi connectivity index (χ0v) is 7.99. The summed E-state index contributed by atoms with van der Waals surface area (Å²) in [5, 5.41) is 1.98. The minimum Gasteiger partial charge on any atom is -0.379 e. The first kappa shape index (κ1) is 9.48. The Hall–Kier alpha value is -0.610. The van der Waals surface area contributed by atoms with Gasteiger partial charge in [0.05, 0.1) is 27.3 Å². The summed E-state index contributed by atoms with van der Waals surface area (Å²) in [6.07, 6.45) is 0. The summed E-state index contributed by atoms with van der Waals surface area (Å²) in [4.78, 5) is 2.33. The van der Waals surface area contributed by atoms with Gasteiger partial charge in [-0.25, -0.2) is 4.90 Å². The monoisotopic (exact) mass is 172 g/mol. The van der Waals surface area contributed by atoms with Crippen molar-refractivity contribution in [2.45, 2.75) is 0 Å². The highest BCUT2D eigenvalue weighted by Crippen LogP contribution is 1.96. The lowest BCUT2D eigenvalue weighted by Crippen LogP contribution is -2.43. The molecule has 0 aromatic heterocycles. The van der Waals surface area contributed by atoms with Crippen LogP contribution in [0.25, 0.3) is 0 Å². The van der Waals surface area contributed by atoms with Crippen LogP contribution in [0.5, 0.6) is 0 Å². The van der Waals surface area contributed by atoms with E-state index < -0.39 is 0 Å². The van der Waals surface area contributed by atoms with E-state index in [1.54, 1.807) is 0 Å². The minimum atomic E-state index is 0.848. The van der Waals surface area contributed by atoms with Crippen LogP contribution in [0.3, 0.4) is 0 Å². The van der Waals surface area contributed by atoms with Crippen LogP contribution in [-0.4, -0.2) is 68.4 Å². The SMILES string of the molecule is C=[N+](CN1CCOCC1)N(C)C. The highest BCUT2D eigenvalue weighted by Gasteiger charge is 2.15. The molecule has 0 N–H and O–H groups in total. The first-order valence-electron chi connectivity index (χ1n) is 4.25. The quantitative estimate of drug-likeness (QED) is 0.324. The second kappa shape index (κ2) is 4.42. The van der Waals surface area contributed by atoms with Crippen LogP contribution in [0.15, 0.2) is 0 Å². The van der Waals surface area contributed by atoms with Gasteiger partial charge in [0.25, 0.3) is 0 Å². The normalized spacial score (nSPS) is 19.2. The van der Waals surface area contributed by atoms with Gasteiger partial charge in [-0.1, -0.05) is 0 Å². The molecule has 1 fully saturated rings. The Kier molecular flexibility index (Phi) is 3.49. The van der Waals surface area contributed by atoms with E-state index in [9.17, 15) is 0 Å². The van der Waals surface area contributed by atoms with E-state index in [-0.39, 0.29) is 0 Å². The number of hydrazone groups is 1. The fourth-order valence-corrected chi connectivity index (χ4v) is 1.10. The van der Waals surface area contributed by atoms with Crippen molar-refractivity contribution < 1.29 is 9.42 Å². The molecule has 4 heteroatoms. The second-order valence-corrected chi connectivity index (χ2v) is 3.23. The van der Waals surface area contributed by atoms with Crippen LogP contribution in [0.4, 0.5) is 0 Å². The summed E-state index contributed by atoms with van der Waals surface area (Å²) in [5.41, 5.74) is 0. The van der Waals surface area contributed by atoms with E-state index in [1.807, 2.05) is 23.8 Å². The molecule has 70 valence electrons. The molecule has 12 heavy (non-hydrogen) atoms. The molecule has 1 rings (SSSR count). The molecule has 0 spiro atoms. The van der Waals surface area contributed by atoms with Crippen LogP contribution in [-0.2, 0) is 4.74 Å². The molecular formula is C8H18N3O+. The third-order valence-electron chi connectivity index (χ3n) is 2.03. The molecule has 0 aliphatic carbocycles. The Morgan fingerprint density at radius 3 is 2.50 bits per heavy atom. The molecule has 4 nitrogen and oxygen atoms in total. The summed E-state index contributed by atoms with van der Waals surface area (Å²) in [7, 11) is 3.99. The number of hydrogen-bond donors (Lipinski definition) is 0. The Morgan fingerprint density at radius 2 is 2.00 bits per heavy atom. The van der Waals surface area contributed by atoms with E-state index in [1.165, 1.54) is 0 Å². The van der Waals surface area contributed by atoms with Crippen LogP contribution in [0.1, 0.15) is 0 Å². The van der Waals surface area contributed by atoms with Crippen LogP contribution in [0.2, 0.25) is 0 Å². The van der Waals surface area contributed by atoms with E-state index in [0.717, 1.165) is 33.0 Å². The zero-order valence-electron chi connectivity index (χ0n) is 7.99. The molecule has 1 aliphatic heterocycles. The highest BCUT2D eigenvalue weighted by atomic mass is 16.5. The van der Waals surface area contributed by atoms with Gasteiger partial charge in [-0.15, -0.1) is 4.68 Å². The van der Waals surface area contributed by atoms with Crippen LogP contribution < -0.4 is 0 Å². The summed E-state index contributed by atoms with van der Waals surface area (Å²) in [6.45, 7) is 8.52. The fourth-order valence-electron chi connectivity index (χ4n) is 1.10. The van der Waals surface area contributed by atoms with Gasteiger partial charge >= 0.3 is 0 Å². The fraction of sp³-hybridized carbons (Fsp3) is 0.875. The van der Waals surface area contributed by atoms with E-state index >= 15 is 0 Å². The molecular weight excluding hydrogens is 154 g/mol. The lowest BCUT2D eigenvalue weighted by molar-refractivity contribution is -0.686. The third-order valence-corrected chi connectivity index (χ3v) is 2.03. The van der Waals surface area contributed by atoms with Crippen molar-refractivity contribution in [3.05, 3.63) is 0 Å². The summed E-state index contributed by atoms with van der Waals surface area (Å²) in [6, 6.07) is 0. The second-order valence-electron chi connectivity index (χ2n) is 3.23. The molecule has 0 unspecified atom stereocenters. The predicted octanol–water partition coefficient (Wildman–Crippen LogP) is -0.534. The Labute approximate surface area is 74.0 Å². The first-order chi connectivity index (χ1) is 5.70. The Bertz CT molecular complexity index is 152. The molecule has 1 saturated heterocycles. The molecule has 0 atom stereocenters. The standard InChI is InChI=1S/C8H18N3O/c1-9(2)10(3)8-11-4-6-12-7-5-11/h3-8H2,1-2H3/q+1. The van der Waals surface area contributed by atoms with Crippen LogP contribution in [0, 0.1) is 0 Å². The van der Waals surface area contributed by atoms with Gasteiger partial charge in [0, 0.05) is 13.1 Å². The number of rotatable bonds is 3. The van der Waals surface area contributed by atoms with Crippen molar-refractivity contribution in [3.8, 4) is 0 Å². The van der Waals surface area contributed by atoms with E-state index in [0.29, 0.717) is 0 Å². The van der Waals surface area contributed by atoms with Gasteiger partial charge in [0.15, 0.2) is 6.72 Å². The Morgan fingerprint density at radius 1 is 1.42 bits per heavy atom. The maximum atomic E-state index is 5.25. The average molecular weight is 172 g/mol. The molecule has 0 amide bonds. The topological polar surface area (TPSA) is 18.7 Å². The van der Waals surface area contributed by atoms with Crippen molar-refractivity contribution in [2.24, 2.45) is 0 Å². The zero-order chi connectivity index (χ0) is 8.97. The van der Waals surface area contributed by atoms with Crippen molar-refractivity contribution in [2.75, 3.05) is 47.1 Å². The highest BCUT2D eigenvalue weighted by molar-refractivity contribution is 5.13. The number of hydrogen-bond acceptors (Lipinski definition) is 3. The van der Waals surface area contributed by atoms with Crippen molar-refractivity contribution in [3.63, 3.8) is 0 Å². The lowest BCUT2D eigenvalue weighted by atomic mass is 10.4. The maximum Gasteiger partial charge on any atom is 0.227 e. The van der Waals surface area contributed by atoms with Gasteiger partial charge < -0.3 is 4.74 Å². The van der Waals surface area contributed by atoms with Gasteiger partial charge in [-0.05, 0) is 0 Å². The molecule has 0 bridgehead atoms. The minimum absolute atomic E-state index is 0.848.